The van der Waals surface area contributed by atoms with Crippen molar-refractivity contribution in [3.05, 3.63) is 64.2 Å². The molecule has 0 aliphatic carbocycles. The highest BCUT2D eigenvalue weighted by Crippen LogP contribution is 2.34. The van der Waals surface area contributed by atoms with Crippen molar-refractivity contribution in [1.29, 1.82) is 0 Å². The zero-order valence-corrected chi connectivity index (χ0v) is 13.9. The number of amides is 1. The molecule has 0 aliphatic rings. The average Bonchev–Trinajstić information content (AvgIpc) is 2.58. The number of aliphatic hydroxyl groups is 1. The van der Waals surface area contributed by atoms with Crippen LogP contribution >= 0.6 is 11.6 Å². The predicted octanol–water partition coefficient (Wildman–Crippen LogP) is 3.83. The Hall–Kier alpha value is -2.25. The Morgan fingerprint density at radius 3 is 2.60 bits per heavy atom. The van der Waals surface area contributed by atoms with Gasteiger partial charge in [-0.15, -0.1) is 0 Å². The van der Waals surface area contributed by atoms with E-state index in [0.717, 1.165) is 6.07 Å². The number of benzene rings is 2. The number of alkyl halides is 3. The molecule has 0 saturated heterocycles. The maximum atomic E-state index is 13.0. The zero-order valence-electron chi connectivity index (χ0n) is 13.1. The number of rotatable bonds is 5. The molecule has 0 bridgehead atoms. The summed E-state index contributed by atoms with van der Waals surface area (Å²) in [5.74, 6) is -0.366. The minimum absolute atomic E-state index is 0.117. The number of hydrogen-bond donors (Lipinski definition) is 2. The minimum Gasteiger partial charge on any atom is -0.496 e. The number of nitrogens with one attached hydrogen (secondary N) is 1. The summed E-state index contributed by atoms with van der Waals surface area (Å²) in [7, 11) is 1.37. The van der Waals surface area contributed by atoms with Crippen molar-refractivity contribution in [2.75, 3.05) is 13.7 Å². The number of halogens is 4. The smallest absolute Gasteiger partial charge is 0.416 e. The lowest BCUT2D eigenvalue weighted by Gasteiger charge is -2.18. The number of carbonyl (C=O) groups excluding carboxylic acids is 1. The molecule has 2 aromatic carbocycles. The fourth-order valence-corrected chi connectivity index (χ4v) is 2.47. The van der Waals surface area contributed by atoms with Crippen LogP contribution in [-0.4, -0.2) is 24.7 Å². The number of hydrogen-bond acceptors (Lipinski definition) is 3. The van der Waals surface area contributed by atoms with Crippen molar-refractivity contribution in [1.82, 2.24) is 5.32 Å². The van der Waals surface area contributed by atoms with E-state index in [1.54, 1.807) is 0 Å². The number of methoxy groups -OCH3 is 1. The van der Waals surface area contributed by atoms with E-state index < -0.39 is 30.3 Å². The highest BCUT2D eigenvalue weighted by atomic mass is 35.5. The largest absolute Gasteiger partial charge is 0.496 e. The summed E-state index contributed by atoms with van der Waals surface area (Å²) in [6.07, 6.45) is -6.12. The molecule has 1 atom stereocenters. The maximum Gasteiger partial charge on any atom is 0.416 e. The quantitative estimate of drug-likeness (QED) is 0.837. The van der Waals surface area contributed by atoms with E-state index in [1.807, 2.05) is 0 Å². The Balaban J connectivity index is 2.15. The van der Waals surface area contributed by atoms with E-state index in [2.05, 4.69) is 5.32 Å². The van der Waals surface area contributed by atoms with Gasteiger partial charge in [-0.05, 0) is 29.8 Å². The van der Waals surface area contributed by atoms with Gasteiger partial charge in [0.15, 0.2) is 0 Å². The van der Waals surface area contributed by atoms with Gasteiger partial charge in [0.25, 0.3) is 5.91 Å². The van der Waals surface area contributed by atoms with Gasteiger partial charge in [-0.2, -0.15) is 13.2 Å². The summed E-state index contributed by atoms with van der Waals surface area (Å²) in [5.41, 5.74) is -1.14. The van der Waals surface area contributed by atoms with Gasteiger partial charge >= 0.3 is 6.18 Å². The van der Waals surface area contributed by atoms with Crippen LogP contribution in [0.15, 0.2) is 42.5 Å². The van der Waals surface area contributed by atoms with Gasteiger partial charge in [0.05, 0.1) is 24.3 Å². The molecule has 0 fully saturated rings. The van der Waals surface area contributed by atoms with Gasteiger partial charge in [-0.1, -0.05) is 29.8 Å². The Morgan fingerprint density at radius 1 is 1.28 bits per heavy atom. The van der Waals surface area contributed by atoms with Crippen LogP contribution in [0.2, 0.25) is 5.02 Å². The first kappa shape index (κ1) is 19.1. The minimum atomic E-state index is -4.60. The highest BCUT2D eigenvalue weighted by Gasteiger charge is 2.34. The average molecular weight is 374 g/mol. The number of carbonyl (C=O) groups is 1. The summed E-state index contributed by atoms with van der Waals surface area (Å²) in [6, 6.07) is 9.05. The SMILES string of the molecule is COc1ccc(Cl)cc1C(=O)NC[C@H](O)c1ccccc1C(F)(F)F. The standard InChI is InChI=1S/C17H15ClF3NO3/c1-25-15-7-6-10(18)8-12(15)16(24)22-9-14(23)11-4-2-3-5-13(11)17(19,20)21/h2-8,14,23H,9H2,1H3,(H,22,24)/t14-/m0/s1. The molecule has 4 nitrogen and oxygen atoms in total. The maximum absolute atomic E-state index is 13.0. The van der Waals surface area contributed by atoms with Crippen molar-refractivity contribution >= 4 is 17.5 Å². The lowest BCUT2D eigenvalue weighted by molar-refractivity contribution is -0.139. The Bertz CT molecular complexity index is 765. The summed E-state index contributed by atoms with van der Waals surface area (Å²) < 4.78 is 44.0. The highest BCUT2D eigenvalue weighted by molar-refractivity contribution is 6.31. The first-order valence-electron chi connectivity index (χ1n) is 7.20. The van der Waals surface area contributed by atoms with Crippen LogP contribution in [-0.2, 0) is 6.18 Å². The van der Waals surface area contributed by atoms with Crippen LogP contribution in [0.1, 0.15) is 27.6 Å². The van der Waals surface area contributed by atoms with Crippen LogP contribution in [0.5, 0.6) is 5.75 Å². The second-order valence-electron chi connectivity index (χ2n) is 5.16. The van der Waals surface area contributed by atoms with E-state index in [0.29, 0.717) is 5.02 Å². The lowest BCUT2D eigenvalue weighted by atomic mass is 10.0. The molecule has 0 unspecified atom stereocenters. The molecule has 1 amide bonds. The van der Waals surface area contributed by atoms with E-state index >= 15 is 0 Å². The van der Waals surface area contributed by atoms with Crippen LogP contribution < -0.4 is 10.1 Å². The normalized spacial score (nSPS) is 12.6. The molecule has 0 spiro atoms. The fraction of sp³-hybridized carbons (Fsp3) is 0.235. The van der Waals surface area contributed by atoms with Crippen molar-refractivity contribution in [2.24, 2.45) is 0 Å². The van der Waals surface area contributed by atoms with Gasteiger partial charge in [-0.3, -0.25) is 4.79 Å². The van der Waals surface area contributed by atoms with Gasteiger partial charge in [0.1, 0.15) is 5.75 Å². The lowest BCUT2D eigenvalue weighted by Crippen LogP contribution is -2.29. The first-order valence-corrected chi connectivity index (χ1v) is 7.57. The Labute approximate surface area is 147 Å². The summed E-state index contributed by atoms with van der Waals surface area (Å²) >= 11 is 5.84. The van der Waals surface area contributed by atoms with E-state index in [4.69, 9.17) is 16.3 Å². The molecule has 0 aliphatic heterocycles. The molecule has 2 N–H and O–H groups in total. The summed E-state index contributed by atoms with van der Waals surface area (Å²) in [5, 5.41) is 12.8. The third kappa shape index (κ3) is 4.64. The number of aliphatic hydroxyl groups excluding tert-OH is 1. The van der Waals surface area contributed by atoms with Crippen molar-refractivity contribution in [3.8, 4) is 5.75 Å². The molecule has 2 rings (SSSR count). The molecule has 25 heavy (non-hydrogen) atoms. The molecule has 0 aromatic heterocycles. The van der Waals surface area contributed by atoms with Crippen LogP contribution in [0.3, 0.4) is 0 Å². The third-order valence-electron chi connectivity index (χ3n) is 3.49. The second kappa shape index (κ2) is 7.76. The van der Waals surface area contributed by atoms with E-state index in [1.165, 1.54) is 43.5 Å². The van der Waals surface area contributed by atoms with Crippen molar-refractivity contribution < 1.29 is 27.8 Å². The van der Waals surface area contributed by atoms with Gasteiger partial charge < -0.3 is 15.2 Å². The fourth-order valence-electron chi connectivity index (χ4n) is 2.30. The summed E-state index contributed by atoms with van der Waals surface area (Å²) in [4.78, 5) is 12.2. The monoisotopic (exact) mass is 373 g/mol. The molecule has 0 radical (unpaired) electrons. The Kier molecular flexibility index (Phi) is 5.92. The van der Waals surface area contributed by atoms with Crippen molar-refractivity contribution in [3.63, 3.8) is 0 Å². The van der Waals surface area contributed by atoms with Crippen LogP contribution in [0, 0.1) is 0 Å². The topological polar surface area (TPSA) is 58.6 Å². The third-order valence-corrected chi connectivity index (χ3v) is 3.72. The van der Waals surface area contributed by atoms with E-state index in [9.17, 15) is 23.1 Å². The first-order chi connectivity index (χ1) is 11.7. The summed E-state index contributed by atoms with van der Waals surface area (Å²) in [6.45, 7) is -0.401. The molecule has 134 valence electrons. The molecular weight excluding hydrogens is 359 g/mol. The van der Waals surface area contributed by atoms with Gasteiger partial charge in [0, 0.05) is 11.6 Å². The van der Waals surface area contributed by atoms with Crippen LogP contribution in [0.4, 0.5) is 13.2 Å². The predicted molar refractivity (Wildman–Crippen MR) is 86.7 cm³/mol. The molecule has 0 heterocycles. The second-order valence-corrected chi connectivity index (χ2v) is 5.59. The van der Waals surface area contributed by atoms with Crippen molar-refractivity contribution in [2.45, 2.75) is 12.3 Å². The van der Waals surface area contributed by atoms with Gasteiger partial charge in [-0.25, -0.2) is 0 Å². The zero-order chi connectivity index (χ0) is 18.6. The Morgan fingerprint density at radius 2 is 1.96 bits per heavy atom. The van der Waals surface area contributed by atoms with Gasteiger partial charge in [0.2, 0.25) is 0 Å². The van der Waals surface area contributed by atoms with Crippen LogP contribution in [0.25, 0.3) is 0 Å². The molecule has 0 saturated carbocycles. The molecule has 2 aromatic rings. The van der Waals surface area contributed by atoms with E-state index in [-0.39, 0.29) is 16.9 Å². The number of ether oxygens (including phenoxy) is 1. The molecular formula is C17H15ClF3NO3. The molecule has 8 heteroatoms.